The fraction of sp³-hybridized carbons (Fsp3) is 0.600. The second kappa shape index (κ2) is 9.74. The van der Waals surface area contributed by atoms with Gasteiger partial charge in [-0.2, -0.15) is 0 Å². The summed E-state index contributed by atoms with van der Waals surface area (Å²) in [4.78, 5) is -2.54. The molecule has 0 saturated carbocycles. The lowest BCUT2D eigenvalue weighted by molar-refractivity contribution is 0.123. The van der Waals surface area contributed by atoms with Crippen molar-refractivity contribution >= 4 is 31.5 Å². The largest absolute Gasteiger partial charge is 0.396 e. The summed E-state index contributed by atoms with van der Waals surface area (Å²) < 4.78 is 52.9. The lowest BCUT2D eigenvalue weighted by Gasteiger charge is -2.39. The zero-order chi connectivity index (χ0) is 22.9. The number of nitrogens with two attached hydrogens (primary N) is 2. The van der Waals surface area contributed by atoms with Crippen molar-refractivity contribution in [1.29, 1.82) is 0 Å². The Morgan fingerprint density at radius 2 is 1.23 bits per heavy atom. The maximum absolute atomic E-state index is 14.3. The molecule has 0 fully saturated rings. The molecule has 2 aliphatic rings. The molecule has 4 atom stereocenters. The molecule has 0 aromatic rings. The monoisotopic (exact) mass is 484 g/mol. The van der Waals surface area contributed by atoms with Gasteiger partial charge < -0.3 is 20.5 Å². The van der Waals surface area contributed by atoms with Gasteiger partial charge in [-0.3, -0.25) is 4.57 Å². The Balaban J connectivity index is 2.35. The molecule has 2 aliphatic carbocycles. The minimum Gasteiger partial charge on any atom is -0.396 e. The molecule has 0 bridgehead atoms. The van der Waals surface area contributed by atoms with Crippen LogP contribution in [0, 0.1) is 0 Å². The quantitative estimate of drug-likeness (QED) is 0.330. The molecule has 2 rings (SSSR count). The van der Waals surface area contributed by atoms with Gasteiger partial charge in [0.2, 0.25) is 0 Å². The fourth-order valence-corrected chi connectivity index (χ4v) is 5.62. The molecule has 0 radical (unpaired) electrons. The first-order chi connectivity index (χ1) is 14.0. The van der Waals surface area contributed by atoms with Crippen LogP contribution in [0.2, 0.25) is 0 Å². The van der Waals surface area contributed by atoms with Crippen molar-refractivity contribution in [3.63, 3.8) is 0 Å². The molecular weight excluding hydrogens is 456 g/mol. The van der Waals surface area contributed by atoms with Crippen molar-refractivity contribution < 1.29 is 22.4 Å². The van der Waals surface area contributed by atoms with Gasteiger partial charge >= 0.3 is 8.25 Å². The summed E-state index contributed by atoms with van der Waals surface area (Å²) >= 11 is 13.2. The van der Waals surface area contributed by atoms with E-state index in [4.69, 9.17) is 43.7 Å². The molecule has 0 aliphatic heterocycles. The van der Waals surface area contributed by atoms with Crippen molar-refractivity contribution in [2.75, 3.05) is 0 Å². The van der Waals surface area contributed by atoms with Crippen molar-refractivity contribution in [3.05, 3.63) is 46.3 Å². The van der Waals surface area contributed by atoms with E-state index in [1.165, 1.54) is 12.2 Å². The third-order valence-electron chi connectivity index (χ3n) is 5.72. The van der Waals surface area contributed by atoms with Crippen LogP contribution in [0.5, 0.6) is 0 Å². The highest BCUT2D eigenvalue weighted by molar-refractivity contribution is 7.33. The molecular formula is C20H29Cl2F2N2O3P. The van der Waals surface area contributed by atoms with Gasteiger partial charge in [0.25, 0.3) is 0 Å². The van der Waals surface area contributed by atoms with E-state index in [1.54, 1.807) is 27.7 Å². The lowest BCUT2D eigenvalue weighted by atomic mass is 9.85. The zero-order valence-electron chi connectivity index (χ0n) is 17.5. The molecule has 4 N–H and O–H groups in total. The predicted molar refractivity (Wildman–Crippen MR) is 118 cm³/mol. The number of halogens is 4. The minimum absolute atomic E-state index is 0.0802. The van der Waals surface area contributed by atoms with Gasteiger partial charge in [0.1, 0.15) is 23.9 Å². The van der Waals surface area contributed by atoms with E-state index in [2.05, 4.69) is 0 Å². The molecule has 0 aromatic carbocycles. The van der Waals surface area contributed by atoms with Crippen molar-refractivity contribution in [3.8, 4) is 0 Å². The van der Waals surface area contributed by atoms with Gasteiger partial charge in [-0.1, -0.05) is 27.7 Å². The first kappa shape index (κ1) is 25.4. The van der Waals surface area contributed by atoms with Crippen LogP contribution in [0.15, 0.2) is 46.3 Å². The van der Waals surface area contributed by atoms with Crippen LogP contribution in [0.4, 0.5) is 8.78 Å². The first-order valence-corrected chi connectivity index (χ1v) is 11.9. The third-order valence-corrected chi connectivity index (χ3v) is 7.72. The highest BCUT2D eigenvalue weighted by atomic mass is 35.5. The van der Waals surface area contributed by atoms with Crippen LogP contribution in [-0.2, 0) is 13.6 Å². The van der Waals surface area contributed by atoms with E-state index in [9.17, 15) is 13.3 Å². The highest BCUT2D eigenvalue weighted by Crippen LogP contribution is 2.49. The van der Waals surface area contributed by atoms with Crippen LogP contribution < -0.4 is 11.5 Å². The Morgan fingerprint density at radius 3 is 1.50 bits per heavy atom. The van der Waals surface area contributed by atoms with Crippen LogP contribution in [-0.4, -0.2) is 22.0 Å². The van der Waals surface area contributed by atoms with Gasteiger partial charge in [0.15, 0.2) is 0 Å². The minimum atomic E-state index is -3.22. The number of hydrogen-bond acceptors (Lipinski definition) is 5. The van der Waals surface area contributed by atoms with E-state index in [1.807, 2.05) is 0 Å². The molecule has 10 heteroatoms. The SMILES string of the molecule is CCC1=C(N)C(F)=CC(Cl)(CC)C1O[PH](=O)OC1C(CC)=C(N)C(F)=CC1(Cl)CC. The van der Waals surface area contributed by atoms with Gasteiger partial charge in [0.05, 0.1) is 21.1 Å². The summed E-state index contributed by atoms with van der Waals surface area (Å²) in [7, 11) is -3.22. The Bertz CT molecular complexity index is 780. The number of hydrogen-bond donors (Lipinski definition) is 2. The Labute approximate surface area is 187 Å². The molecule has 30 heavy (non-hydrogen) atoms. The summed E-state index contributed by atoms with van der Waals surface area (Å²) in [6.07, 6.45) is 1.75. The van der Waals surface area contributed by atoms with Crippen molar-refractivity contribution in [2.24, 2.45) is 11.5 Å². The number of rotatable bonds is 8. The van der Waals surface area contributed by atoms with Crippen LogP contribution in [0.25, 0.3) is 0 Å². The summed E-state index contributed by atoms with van der Waals surface area (Å²) in [5.74, 6) is -1.27. The van der Waals surface area contributed by atoms with Crippen LogP contribution >= 0.6 is 31.5 Å². The maximum atomic E-state index is 14.3. The number of alkyl halides is 2. The van der Waals surface area contributed by atoms with Gasteiger partial charge in [-0.15, -0.1) is 23.2 Å². The van der Waals surface area contributed by atoms with E-state index >= 15 is 0 Å². The van der Waals surface area contributed by atoms with Gasteiger partial charge in [-0.25, -0.2) is 8.78 Å². The maximum Gasteiger partial charge on any atom is 0.320 e. The van der Waals surface area contributed by atoms with Crippen LogP contribution in [0.3, 0.4) is 0 Å². The molecule has 0 heterocycles. The fourth-order valence-electron chi connectivity index (χ4n) is 3.78. The third kappa shape index (κ3) is 4.66. The smallest absolute Gasteiger partial charge is 0.320 e. The summed E-state index contributed by atoms with van der Waals surface area (Å²) in [5, 5.41) is 0. The highest BCUT2D eigenvalue weighted by Gasteiger charge is 2.46. The van der Waals surface area contributed by atoms with Crippen molar-refractivity contribution in [1.82, 2.24) is 0 Å². The molecule has 0 aromatic heterocycles. The van der Waals surface area contributed by atoms with Crippen molar-refractivity contribution in [2.45, 2.75) is 75.3 Å². The van der Waals surface area contributed by atoms with E-state index in [0.29, 0.717) is 36.8 Å². The second-order valence-corrected chi connectivity index (χ2v) is 9.75. The van der Waals surface area contributed by atoms with Gasteiger partial charge in [0, 0.05) is 0 Å². The normalized spacial score (nSPS) is 33.5. The lowest BCUT2D eigenvalue weighted by Crippen LogP contribution is -2.43. The summed E-state index contributed by atoms with van der Waals surface area (Å²) in [5.41, 5.74) is 12.4. The van der Waals surface area contributed by atoms with Crippen LogP contribution in [0.1, 0.15) is 53.4 Å². The standard InChI is InChI=1S/C20H29Cl2F2N2O3P/c1-5-11-15(25)13(23)9-19(21,7-3)17(11)28-30(27)29-18-12(6-2)16(26)14(24)10-20(18,22)8-4/h9-10,17-18,30H,5-8,25-26H2,1-4H3. The first-order valence-electron chi connectivity index (χ1n) is 9.97. The Kier molecular flexibility index (Phi) is 8.25. The number of allylic oxidation sites excluding steroid dienone is 2. The van der Waals surface area contributed by atoms with E-state index < -0.39 is 41.9 Å². The predicted octanol–water partition coefficient (Wildman–Crippen LogP) is 5.90. The average Bonchev–Trinajstić information content (AvgIpc) is 2.70. The second-order valence-electron chi connectivity index (χ2n) is 7.38. The topological polar surface area (TPSA) is 87.6 Å². The molecule has 170 valence electrons. The average molecular weight is 485 g/mol. The summed E-state index contributed by atoms with van der Waals surface area (Å²) in [6.45, 7) is 7.06. The molecule has 0 saturated heterocycles. The molecule has 5 nitrogen and oxygen atoms in total. The Morgan fingerprint density at radius 1 is 0.900 bits per heavy atom. The summed E-state index contributed by atoms with van der Waals surface area (Å²) in [6, 6.07) is 0. The molecule has 0 amide bonds. The van der Waals surface area contributed by atoms with Gasteiger partial charge in [-0.05, 0) is 49.0 Å². The van der Waals surface area contributed by atoms with E-state index in [-0.39, 0.29) is 11.4 Å². The Hall–Kier alpha value is -0.850. The molecule has 0 spiro atoms. The van der Waals surface area contributed by atoms with E-state index in [0.717, 1.165) is 0 Å². The zero-order valence-corrected chi connectivity index (χ0v) is 20.0. The molecule has 4 unspecified atom stereocenters.